The maximum Gasteiger partial charge on any atom is 0.290 e. The second-order valence-electron chi connectivity index (χ2n) is 8.01. The highest BCUT2D eigenvalue weighted by Gasteiger charge is 2.51. The van der Waals surface area contributed by atoms with Gasteiger partial charge in [-0.05, 0) is 30.5 Å². The highest BCUT2D eigenvalue weighted by Crippen LogP contribution is 2.35. The average Bonchev–Trinajstić information content (AvgIpc) is 3.20. The summed E-state index contributed by atoms with van der Waals surface area (Å²) in [6.45, 7) is 0.854. The van der Waals surface area contributed by atoms with Crippen LogP contribution in [0.4, 0.5) is 0 Å². The van der Waals surface area contributed by atoms with Gasteiger partial charge < -0.3 is 25.4 Å². The number of hydrogen-bond acceptors (Lipinski definition) is 5. The summed E-state index contributed by atoms with van der Waals surface area (Å²) >= 11 is 0. The molecule has 4 rings (SSSR count). The molecule has 2 fully saturated rings. The molecule has 0 spiro atoms. The van der Waals surface area contributed by atoms with Crippen LogP contribution in [0.3, 0.4) is 0 Å². The fraction of sp³-hybridized carbons (Fsp3) is 0.333. The molecule has 0 aromatic heterocycles. The topological polar surface area (TPSA) is 125 Å². The molecule has 3 N–H and O–H groups in total. The van der Waals surface area contributed by atoms with Gasteiger partial charge in [0.2, 0.25) is 11.8 Å². The molecule has 2 heterocycles. The number of carbonyl (C=O) groups excluding carboxylic acids is 3. The average molecular weight is 453 g/mol. The number of hydrogen-bond donors (Lipinski definition) is 3. The van der Waals surface area contributed by atoms with Crippen LogP contribution in [0.15, 0.2) is 60.7 Å². The SMILES string of the molecule is O=C1NCCC1NC(=O)C1(Cc2ccccc2)CN(C(=O)COc2ccccc2)C1.O=CO. The van der Waals surface area contributed by atoms with Crippen LogP contribution in [0.25, 0.3) is 0 Å². The smallest absolute Gasteiger partial charge is 0.290 e. The van der Waals surface area contributed by atoms with E-state index in [0.717, 1.165) is 5.56 Å². The first-order valence-corrected chi connectivity index (χ1v) is 10.6. The number of amides is 3. The Hall–Kier alpha value is -3.88. The van der Waals surface area contributed by atoms with E-state index in [-0.39, 0.29) is 30.8 Å². The number of para-hydroxylation sites is 1. The Labute approximate surface area is 191 Å². The van der Waals surface area contributed by atoms with E-state index in [0.29, 0.717) is 38.2 Å². The van der Waals surface area contributed by atoms with Gasteiger partial charge in [-0.25, -0.2) is 0 Å². The van der Waals surface area contributed by atoms with Crippen molar-refractivity contribution in [1.29, 1.82) is 0 Å². The van der Waals surface area contributed by atoms with Crippen molar-refractivity contribution in [2.24, 2.45) is 5.41 Å². The Morgan fingerprint density at radius 1 is 1.12 bits per heavy atom. The van der Waals surface area contributed by atoms with Crippen molar-refractivity contribution < 1.29 is 29.0 Å². The van der Waals surface area contributed by atoms with E-state index in [1.807, 2.05) is 48.5 Å². The van der Waals surface area contributed by atoms with Crippen LogP contribution in [0.2, 0.25) is 0 Å². The van der Waals surface area contributed by atoms with E-state index in [1.165, 1.54) is 0 Å². The lowest BCUT2D eigenvalue weighted by Crippen LogP contribution is -2.67. The van der Waals surface area contributed by atoms with Gasteiger partial charge in [0.05, 0.1) is 5.41 Å². The molecule has 0 bridgehead atoms. The van der Waals surface area contributed by atoms with Crippen molar-refractivity contribution in [3.63, 3.8) is 0 Å². The molecule has 2 aliphatic rings. The Balaban J connectivity index is 0.000000968. The molecule has 9 heteroatoms. The highest BCUT2D eigenvalue weighted by atomic mass is 16.5. The number of ether oxygens (including phenoxy) is 1. The molecule has 2 aliphatic heterocycles. The molecule has 3 amide bonds. The quantitative estimate of drug-likeness (QED) is 0.534. The van der Waals surface area contributed by atoms with Crippen molar-refractivity contribution in [2.75, 3.05) is 26.2 Å². The van der Waals surface area contributed by atoms with Crippen molar-refractivity contribution >= 4 is 24.2 Å². The molecule has 2 aromatic rings. The monoisotopic (exact) mass is 453 g/mol. The first kappa shape index (κ1) is 23.8. The second kappa shape index (κ2) is 11.1. The van der Waals surface area contributed by atoms with Gasteiger partial charge in [0.25, 0.3) is 12.4 Å². The van der Waals surface area contributed by atoms with Crippen molar-refractivity contribution in [2.45, 2.75) is 18.9 Å². The van der Waals surface area contributed by atoms with Crippen LogP contribution in [-0.4, -0.2) is 66.5 Å². The summed E-state index contributed by atoms with van der Waals surface area (Å²) in [4.78, 5) is 47.6. The van der Waals surface area contributed by atoms with Gasteiger partial charge in [-0.15, -0.1) is 0 Å². The Morgan fingerprint density at radius 2 is 1.73 bits per heavy atom. The van der Waals surface area contributed by atoms with Gasteiger partial charge in [-0.1, -0.05) is 48.5 Å². The van der Waals surface area contributed by atoms with Crippen LogP contribution in [0, 0.1) is 5.41 Å². The summed E-state index contributed by atoms with van der Waals surface area (Å²) in [6, 6.07) is 18.4. The normalized spacial score (nSPS) is 18.1. The first-order chi connectivity index (χ1) is 16.0. The molecule has 0 radical (unpaired) electrons. The van der Waals surface area contributed by atoms with E-state index in [1.54, 1.807) is 17.0 Å². The zero-order chi connectivity index (χ0) is 23.7. The number of nitrogens with zero attached hydrogens (tertiary/aromatic N) is 1. The van der Waals surface area contributed by atoms with Gasteiger partial charge in [0, 0.05) is 19.6 Å². The van der Waals surface area contributed by atoms with Crippen molar-refractivity contribution in [3.05, 3.63) is 66.2 Å². The Kier molecular flexibility index (Phi) is 8.01. The lowest BCUT2D eigenvalue weighted by Gasteiger charge is -2.49. The van der Waals surface area contributed by atoms with Crippen molar-refractivity contribution in [3.8, 4) is 5.75 Å². The van der Waals surface area contributed by atoms with Crippen LogP contribution in [0.1, 0.15) is 12.0 Å². The summed E-state index contributed by atoms with van der Waals surface area (Å²) in [5.41, 5.74) is 0.281. The maximum absolute atomic E-state index is 13.1. The Bertz CT molecular complexity index is 961. The molecule has 2 aromatic carbocycles. The van der Waals surface area contributed by atoms with E-state index in [2.05, 4.69) is 10.6 Å². The van der Waals surface area contributed by atoms with Gasteiger partial charge in [-0.2, -0.15) is 0 Å². The largest absolute Gasteiger partial charge is 0.484 e. The third-order valence-electron chi connectivity index (χ3n) is 5.67. The van der Waals surface area contributed by atoms with Crippen LogP contribution in [-0.2, 0) is 25.6 Å². The third-order valence-corrected chi connectivity index (χ3v) is 5.67. The van der Waals surface area contributed by atoms with Crippen LogP contribution in [0.5, 0.6) is 5.75 Å². The minimum atomic E-state index is -0.743. The summed E-state index contributed by atoms with van der Waals surface area (Å²) in [7, 11) is 0. The lowest BCUT2D eigenvalue weighted by atomic mass is 9.73. The number of nitrogens with one attached hydrogen (secondary N) is 2. The lowest BCUT2D eigenvalue weighted by molar-refractivity contribution is -0.155. The molecule has 2 saturated heterocycles. The predicted molar refractivity (Wildman–Crippen MR) is 119 cm³/mol. The van der Waals surface area contributed by atoms with E-state index in [9.17, 15) is 14.4 Å². The number of benzene rings is 2. The fourth-order valence-electron chi connectivity index (χ4n) is 3.98. The fourth-order valence-corrected chi connectivity index (χ4v) is 3.98. The van der Waals surface area contributed by atoms with Gasteiger partial charge >= 0.3 is 0 Å². The number of likely N-dealkylation sites (tertiary alicyclic amines) is 1. The summed E-state index contributed by atoms with van der Waals surface area (Å²) in [5.74, 6) is 0.143. The van der Waals surface area contributed by atoms with Crippen molar-refractivity contribution in [1.82, 2.24) is 15.5 Å². The summed E-state index contributed by atoms with van der Waals surface area (Å²) in [5, 5.41) is 12.5. The molecule has 1 atom stereocenters. The van der Waals surface area contributed by atoms with E-state index in [4.69, 9.17) is 14.6 Å². The molecular weight excluding hydrogens is 426 g/mol. The number of carboxylic acid groups (broad SMARTS) is 1. The van der Waals surface area contributed by atoms with Crippen LogP contribution >= 0.6 is 0 Å². The second-order valence-corrected chi connectivity index (χ2v) is 8.01. The molecule has 0 saturated carbocycles. The molecular formula is C24H27N3O6. The summed E-state index contributed by atoms with van der Waals surface area (Å²) < 4.78 is 5.55. The van der Waals surface area contributed by atoms with Gasteiger partial charge in [-0.3, -0.25) is 19.2 Å². The highest BCUT2D eigenvalue weighted by molar-refractivity contribution is 5.93. The maximum atomic E-state index is 13.1. The molecule has 9 nitrogen and oxygen atoms in total. The molecule has 174 valence electrons. The zero-order valence-electron chi connectivity index (χ0n) is 18.1. The first-order valence-electron chi connectivity index (χ1n) is 10.6. The number of rotatable bonds is 7. The number of carbonyl (C=O) groups is 4. The summed E-state index contributed by atoms with van der Waals surface area (Å²) in [6.07, 6.45) is 1.09. The third kappa shape index (κ3) is 6.09. The predicted octanol–water partition coefficient (Wildman–Crippen LogP) is 0.842. The minimum absolute atomic E-state index is 0.0713. The molecule has 1 unspecified atom stereocenters. The van der Waals surface area contributed by atoms with Crippen LogP contribution < -0.4 is 15.4 Å². The zero-order valence-corrected chi connectivity index (χ0v) is 18.1. The van der Waals surface area contributed by atoms with Gasteiger partial charge in [0.15, 0.2) is 6.61 Å². The minimum Gasteiger partial charge on any atom is -0.484 e. The van der Waals surface area contributed by atoms with Gasteiger partial charge in [0.1, 0.15) is 11.8 Å². The molecule has 33 heavy (non-hydrogen) atoms. The molecule has 0 aliphatic carbocycles. The standard InChI is InChI=1S/C23H25N3O4.CH2O2/c27-20(14-30-18-9-5-2-6-10-18)26-15-23(16-26,13-17-7-3-1-4-8-17)22(29)25-19-11-12-24-21(19)28;2-1-3/h1-10,19H,11-16H2,(H,24,28)(H,25,29);1H,(H,2,3). The van der Waals surface area contributed by atoms with E-state index < -0.39 is 11.5 Å². The van der Waals surface area contributed by atoms with E-state index >= 15 is 0 Å². The Morgan fingerprint density at radius 3 is 2.30 bits per heavy atom.